The van der Waals surface area contributed by atoms with E-state index >= 15 is 0 Å². The van der Waals surface area contributed by atoms with Crippen LogP contribution in [0.2, 0.25) is 0 Å². The molecular formula is C16H24N4O. The van der Waals surface area contributed by atoms with Crippen LogP contribution in [0.15, 0.2) is 22.6 Å². The van der Waals surface area contributed by atoms with Crippen molar-refractivity contribution in [2.75, 3.05) is 44.2 Å². The fourth-order valence-corrected chi connectivity index (χ4v) is 2.79. The first-order chi connectivity index (χ1) is 10.3. The van der Waals surface area contributed by atoms with E-state index in [1.165, 1.54) is 5.56 Å². The second-order valence-corrected chi connectivity index (χ2v) is 5.62. The number of rotatable bonds is 5. The molecule has 5 heteroatoms. The molecule has 1 saturated heterocycles. The molecule has 21 heavy (non-hydrogen) atoms. The zero-order chi connectivity index (χ0) is 14.7. The van der Waals surface area contributed by atoms with E-state index in [1.54, 1.807) is 0 Å². The van der Waals surface area contributed by atoms with E-state index in [2.05, 4.69) is 33.8 Å². The van der Waals surface area contributed by atoms with Crippen LogP contribution in [0.25, 0.3) is 11.1 Å². The number of hydrogen-bond donors (Lipinski definition) is 1. The normalized spacial score (nSPS) is 16.8. The minimum atomic E-state index is 0.761. The minimum absolute atomic E-state index is 0.761. The van der Waals surface area contributed by atoms with Crippen LogP contribution in [0.3, 0.4) is 0 Å². The maximum Gasteiger partial charge on any atom is 0.298 e. The summed E-state index contributed by atoms with van der Waals surface area (Å²) in [5.41, 5.74) is 8.72. The van der Waals surface area contributed by atoms with Gasteiger partial charge in [0.05, 0.1) is 0 Å². The number of fused-ring (bicyclic) bond motifs is 1. The first-order valence-electron chi connectivity index (χ1n) is 7.87. The van der Waals surface area contributed by atoms with Crippen molar-refractivity contribution in [3.63, 3.8) is 0 Å². The van der Waals surface area contributed by atoms with E-state index in [0.717, 1.165) is 69.2 Å². The summed E-state index contributed by atoms with van der Waals surface area (Å²) in [6.45, 7) is 8.07. The summed E-state index contributed by atoms with van der Waals surface area (Å²) < 4.78 is 5.90. The maximum atomic E-state index is 5.90. The number of hydrogen-bond acceptors (Lipinski definition) is 5. The Balaban J connectivity index is 1.67. The molecule has 0 unspecified atom stereocenters. The summed E-state index contributed by atoms with van der Waals surface area (Å²) in [4.78, 5) is 9.35. The third-order valence-electron chi connectivity index (χ3n) is 4.17. The van der Waals surface area contributed by atoms with Gasteiger partial charge in [0.1, 0.15) is 5.52 Å². The van der Waals surface area contributed by atoms with E-state index in [-0.39, 0.29) is 0 Å². The molecule has 0 bridgehead atoms. The highest BCUT2D eigenvalue weighted by Gasteiger charge is 2.20. The van der Waals surface area contributed by atoms with Crippen LogP contribution in [0.5, 0.6) is 0 Å². The largest absolute Gasteiger partial charge is 0.423 e. The average molecular weight is 288 g/mol. The molecule has 0 saturated carbocycles. The van der Waals surface area contributed by atoms with Crippen LogP contribution in [0.1, 0.15) is 18.9 Å². The van der Waals surface area contributed by atoms with Crippen molar-refractivity contribution in [1.82, 2.24) is 9.88 Å². The lowest BCUT2D eigenvalue weighted by Gasteiger charge is -2.33. The average Bonchev–Trinajstić information content (AvgIpc) is 2.96. The maximum absolute atomic E-state index is 5.90. The molecule has 114 valence electrons. The molecule has 0 atom stereocenters. The standard InChI is InChI=1S/C16H24N4O/c1-2-13-4-5-15-14(12-13)18-16(21-15)20-10-8-19(9-11-20)7-3-6-17/h4-5,12H,2-3,6-11,17H2,1H3. The molecule has 1 aromatic heterocycles. The lowest BCUT2D eigenvalue weighted by atomic mass is 10.1. The van der Waals surface area contributed by atoms with Crippen LogP contribution in [0.4, 0.5) is 6.01 Å². The zero-order valence-corrected chi connectivity index (χ0v) is 12.7. The third-order valence-corrected chi connectivity index (χ3v) is 4.17. The highest BCUT2D eigenvalue weighted by atomic mass is 16.4. The Hall–Kier alpha value is -1.59. The van der Waals surface area contributed by atoms with Crippen molar-refractivity contribution in [3.05, 3.63) is 23.8 Å². The highest BCUT2D eigenvalue weighted by Crippen LogP contribution is 2.24. The Labute approximate surface area is 125 Å². The molecule has 1 aromatic carbocycles. The van der Waals surface area contributed by atoms with Gasteiger partial charge in [0, 0.05) is 26.2 Å². The van der Waals surface area contributed by atoms with E-state index in [4.69, 9.17) is 10.2 Å². The van der Waals surface area contributed by atoms with Crippen molar-refractivity contribution in [2.24, 2.45) is 5.73 Å². The van der Waals surface area contributed by atoms with Gasteiger partial charge in [0.2, 0.25) is 0 Å². The second-order valence-electron chi connectivity index (χ2n) is 5.62. The number of benzene rings is 1. The zero-order valence-electron chi connectivity index (χ0n) is 12.7. The van der Waals surface area contributed by atoms with Gasteiger partial charge in [-0.15, -0.1) is 0 Å². The number of aromatic nitrogens is 1. The van der Waals surface area contributed by atoms with E-state index in [1.807, 2.05) is 6.07 Å². The number of piperazine rings is 1. The van der Waals surface area contributed by atoms with Crippen LogP contribution in [-0.2, 0) is 6.42 Å². The van der Waals surface area contributed by atoms with Gasteiger partial charge >= 0.3 is 0 Å². The number of oxazole rings is 1. The molecular weight excluding hydrogens is 264 g/mol. The molecule has 5 nitrogen and oxygen atoms in total. The SMILES string of the molecule is CCc1ccc2oc(N3CCN(CCCN)CC3)nc2c1. The molecule has 1 aliphatic heterocycles. The van der Waals surface area contributed by atoms with E-state index in [0.29, 0.717) is 0 Å². The van der Waals surface area contributed by atoms with E-state index in [9.17, 15) is 0 Å². The summed E-state index contributed by atoms with van der Waals surface area (Å²) in [5.74, 6) is 0. The van der Waals surface area contributed by atoms with Gasteiger partial charge < -0.3 is 15.1 Å². The summed E-state index contributed by atoms with van der Waals surface area (Å²) in [5, 5.41) is 0. The summed E-state index contributed by atoms with van der Waals surface area (Å²) >= 11 is 0. The van der Waals surface area contributed by atoms with Gasteiger partial charge in [-0.2, -0.15) is 4.98 Å². The van der Waals surface area contributed by atoms with Gasteiger partial charge in [0.25, 0.3) is 6.01 Å². The fraction of sp³-hybridized carbons (Fsp3) is 0.562. The molecule has 2 N–H and O–H groups in total. The van der Waals surface area contributed by atoms with Crippen molar-refractivity contribution >= 4 is 17.1 Å². The van der Waals surface area contributed by atoms with Crippen LogP contribution in [-0.4, -0.2) is 49.2 Å². The van der Waals surface area contributed by atoms with Crippen molar-refractivity contribution < 1.29 is 4.42 Å². The van der Waals surface area contributed by atoms with Crippen LogP contribution in [0, 0.1) is 0 Å². The van der Waals surface area contributed by atoms with Gasteiger partial charge in [-0.25, -0.2) is 0 Å². The van der Waals surface area contributed by atoms with Crippen molar-refractivity contribution in [3.8, 4) is 0 Å². The first kappa shape index (κ1) is 14.4. The van der Waals surface area contributed by atoms with Gasteiger partial charge in [0.15, 0.2) is 5.58 Å². The Morgan fingerprint density at radius 3 is 2.76 bits per heavy atom. The molecule has 1 fully saturated rings. The first-order valence-corrected chi connectivity index (χ1v) is 7.87. The Bertz CT molecular complexity index is 587. The second kappa shape index (κ2) is 6.45. The summed E-state index contributed by atoms with van der Waals surface area (Å²) in [7, 11) is 0. The molecule has 0 amide bonds. The monoisotopic (exact) mass is 288 g/mol. The Morgan fingerprint density at radius 2 is 2.05 bits per heavy atom. The number of nitrogens with zero attached hydrogens (tertiary/aromatic N) is 3. The van der Waals surface area contributed by atoms with Crippen LogP contribution < -0.4 is 10.6 Å². The van der Waals surface area contributed by atoms with Crippen molar-refractivity contribution in [1.29, 1.82) is 0 Å². The highest BCUT2D eigenvalue weighted by molar-refractivity contribution is 5.75. The predicted octanol–water partition coefficient (Wildman–Crippen LogP) is 1.86. The molecule has 3 rings (SSSR count). The minimum Gasteiger partial charge on any atom is -0.423 e. The third kappa shape index (κ3) is 3.19. The van der Waals surface area contributed by atoms with Gasteiger partial charge in [-0.3, -0.25) is 4.90 Å². The van der Waals surface area contributed by atoms with Gasteiger partial charge in [-0.1, -0.05) is 13.0 Å². The van der Waals surface area contributed by atoms with Gasteiger partial charge in [-0.05, 0) is 43.6 Å². The topological polar surface area (TPSA) is 58.5 Å². The number of aryl methyl sites for hydroxylation is 1. The lowest BCUT2D eigenvalue weighted by molar-refractivity contribution is 0.252. The van der Waals surface area contributed by atoms with Crippen molar-refractivity contribution in [2.45, 2.75) is 19.8 Å². The lowest BCUT2D eigenvalue weighted by Crippen LogP contribution is -2.47. The Kier molecular flexibility index (Phi) is 4.41. The molecule has 0 aliphatic carbocycles. The predicted molar refractivity (Wildman–Crippen MR) is 85.7 cm³/mol. The molecule has 0 spiro atoms. The molecule has 1 aliphatic rings. The van der Waals surface area contributed by atoms with Crippen LogP contribution >= 0.6 is 0 Å². The quantitative estimate of drug-likeness (QED) is 0.910. The summed E-state index contributed by atoms with van der Waals surface area (Å²) in [6, 6.07) is 7.03. The number of anilines is 1. The number of nitrogens with two attached hydrogens (primary N) is 1. The fourth-order valence-electron chi connectivity index (χ4n) is 2.79. The molecule has 0 radical (unpaired) electrons. The Morgan fingerprint density at radius 1 is 1.24 bits per heavy atom. The smallest absolute Gasteiger partial charge is 0.298 e. The molecule has 2 heterocycles. The summed E-state index contributed by atoms with van der Waals surface area (Å²) in [6.07, 6.45) is 2.10. The molecule has 2 aromatic rings. The van der Waals surface area contributed by atoms with E-state index < -0.39 is 0 Å².